The number of nitrogens with zero attached hydrogens (tertiary/aromatic N) is 2. The van der Waals surface area contributed by atoms with Gasteiger partial charge in [-0.3, -0.25) is 9.69 Å². The highest BCUT2D eigenvalue weighted by atomic mass is 35.5. The molecule has 0 unspecified atom stereocenters. The first-order valence-corrected chi connectivity index (χ1v) is 8.45. The zero-order chi connectivity index (χ0) is 16.4. The number of amides is 1. The maximum absolute atomic E-state index is 12.8. The third-order valence-electron chi connectivity index (χ3n) is 5.12. The summed E-state index contributed by atoms with van der Waals surface area (Å²) in [4.78, 5) is 17.1. The first-order valence-electron chi connectivity index (χ1n) is 8.07. The van der Waals surface area contributed by atoms with Crippen molar-refractivity contribution in [1.29, 1.82) is 0 Å². The second-order valence-corrected chi connectivity index (χ2v) is 6.88. The molecule has 0 aliphatic carbocycles. The quantitative estimate of drug-likeness (QED) is 0.915. The van der Waals surface area contributed by atoms with Crippen molar-refractivity contribution < 1.29 is 14.6 Å². The van der Waals surface area contributed by atoms with Gasteiger partial charge in [0, 0.05) is 43.9 Å². The second kappa shape index (κ2) is 6.67. The van der Waals surface area contributed by atoms with E-state index < -0.39 is 0 Å². The predicted octanol–water partition coefficient (Wildman–Crippen LogP) is 2.37. The summed E-state index contributed by atoms with van der Waals surface area (Å²) in [5, 5.41) is 10.4. The van der Waals surface area contributed by atoms with E-state index >= 15 is 0 Å². The maximum Gasteiger partial charge on any atom is 0.257 e. The molecule has 1 amide bonds. The number of methoxy groups -OCH3 is 1. The van der Waals surface area contributed by atoms with Crippen molar-refractivity contribution in [2.75, 3.05) is 39.9 Å². The number of piperidine rings is 1. The Morgan fingerprint density at radius 1 is 1.39 bits per heavy atom. The number of aromatic hydroxyl groups is 1. The molecule has 1 spiro atoms. The molecule has 6 heteroatoms. The molecule has 3 rings (SSSR count). The Hall–Kier alpha value is -1.30. The van der Waals surface area contributed by atoms with Crippen LogP contribution in [-0.4, -0.2) is 66.2 Å². The Labute approximate surface area is 141 Å². The van der Waals surface area contributed by atoms with E-state index in [2.05, 4.69) is 4.90 Å². The number of phenols is 1. The summed E-state index contributed by atoms with van der Waals surface area (Å²) in [7, 11) is 1.71. The van der Waals surface area contributed by atoms with Crippen LogP contribution < -0.4 is 0 Å². The normalized spacial score (nSPS) is 24.7. The van der Waals surface area contributed by atoms with Gasteiger partial charge in [0.25, 0.3) is 5.91 Å². The van der Waals surface area contributed by atoms with Crippen LogP contribution in [0.25, 0.3) is 0 Å². The van der Waals surface area contributed by atoms with E-state index in [1.54, 1.807) is 19.2 Å². The SMILES string of the molecule is COCCN1CC[C@@]12CCCN(C(=O)c1ccc(Cl)cc1O)C2. The van der Waals surface area contributed by atoms with Crippen LogP contribution >= 0.6 is 11.6 Å². The van der Waals surface area contributed by atoms with Gasteiger partial charge in [0.15, 0.2) is 0 Å². The average Bonchev–Trinajstić information content (AvgIpc) is 2.54. The lowest BCUT2D eigenvalue weighted by atomic mass is 9.77. The fourth-order valence-corrected chi connectivity index (χ4v) is 3.91. The monoisotopic (exact) mass is 338 g/mol. The lowest BCUT2D eigenvalue weighted by Gasteiger charge is -2.57. The molecular weight excluding hydrogens is 316 g/mol. The highest BCUT2D eigenvalue weighted by molar-refractivity contribution is 6.30. The number of hydrogen-bond acceptors (Lipinski definition) is 4. The van der Waals surface area contributed by atoms with Gasteiger partial charge in [0.1, 0.15) is 5.75 Å². The van der Waals surface area contributed by atoms with Crippen LogP contribution in [0.1, 0.15) is 29.6 Å². The minimum absolute atomic E-state index is 0.0491. The molecular formula is C17H23ClN2O3. The molecule has 0 radical (unpaired) electrons. The lowest BCUT2D eigenvalue weighted by Crippen LogP contribution is -2.67. The van der Waals surface area contributed by atoms with Gasteiger partial charge in [0.05, 0.1) is 12.2 Å². The van der Waals surface area contributed by atoms with Crippen LogP contribution in [0.5, 0.6) is 5.75 Å². The molecule has 2 saturated heterocycles. The van der Waals surface area contributed by atoms with E-state index in [4.69, 9.17) is 16.3 Å². The first kappa shape index (κ1) is 16.6. The number of phenolic OH excluding ortho intramolecular Hbond substituents is 1. The molecule has 1 atom stereocenters. The van der Waals surface area contributed by atoms with E-state index in [0.717, 1.165) is 45.4 Å². The maximum atomic E-state index is 12.8. The van der Waals surface area contributed by atoms with Gasteiger partial charge >= 0.3 is 0 Å². The Morgan fingerprint density at radius 3 is 2.87 bits per heavy atom. The summed E-state index contributed by atoms with van der Waals surface area (Å²) in [6.45, 7) is 4.15. The molecule has 5 nitrogen and oxygen atoms in total. The minimum Gasteiger partial charge on any atom is -0.507 e. The standard InChI is InChI=1S/C17H23ClN2O3/c1-23-10-9-20-8-6-17(20)5-2-7-19(12-17)16(22)14-4-3-13(18)11-15(14)21/h3-4,11,21H,2,5-10,12H2,1H3/t17-/m1/s1. The molecule has 2 aliphatic rings. The third-order valence-corrected chi connectivity index (χ3v) is 5.35. The molecule has 1 aromatic rings. The van der Waals surface area contributed by atoms with E-state index in [1.165, 1.54) is 6.07 Å². The van der Waals surface area contributed by atoms with Gasteiger partial charge < -0.3 is 14.7 Å². The molecule has 23 heavy (non-hydrogen) atoms. The molecule has 0 aromatic heterocycles. The first-order chi connectivity index (χ1) is 11.1. The van der Waals surface area contributed by atoms with Crippen LogP contribution in [0.15, 0.2) is 18.2 Å². The smallest absolute Gasteiger partial charge is 0.257 e. The molecule has 1 N–H and O–H groups in total. The molecule has 126 valence electrons. The van der Waals surface area contributed by atoms with Gasteiger partial charge in [-0.2, -0.15) is 0 Å². The highest BCUT2D eigenvalue weighted by Gasteiger charge is 2.47. The van der Waals surface area contributed by atoms with Gasteiger partial charge in [-0.05, 0) is 37.5 Å². The summed E-state index contributed by atoms with van der Waals surface area (Å²) in [5.41, 5.74) is 0.420. The van der Waals surface area contributed by atoms with Crippen molar-refractivity contribution in [3.63, 3.8) is 0 Å². The number of likely N-dealkylation sites (tertiary alicyclic amines) is 2. The second-order valence-electron chi connectivity index (χ2n) is 6.45. The van der Waals surface area contributed by atoms with Gasteiger partial charge in [0.2, 0.25) is 0 Å². The van der Waals surface area contributed by atoms with Crippen molar-refractivity contribution in [1.82, 2.24) is 9.80 Å². The summed E-state index contributed by atoms with van der Waals surface area (Å²) in [5.74, 6) is -0.163. The number of carbonyl (C=O) groups excluding carboxylic acids is 1. The Bertz CT molecular complexity index is 595. The lowest BCUT2D eigenvalue weighted by molar-refractivity contribution is -0.0679. The molecule has 2 aliphatic heterocycles. The Morgan fingerprint density at radius 2 is 2.22 bits per heavy atom. The molecule has 2 heterocycles. The summed E-state index contributed by atoms with van der Waals surface area (Å²) < 4.78 is 5.18. The van der Waals surface area contributed by atoms with Crippen molar-refractivity contribution in [3.05, 3.63) is 28.8 Å². The van der Waals surface area contributed by atoms with Crippen molar-refractivity contribution in [2.45, 2.75) is 24.8 Å². The zero-order valence-corrected chi connectivity index (χ0v) is 14.2. The number of rotatable bonds is 4. The van der Waals surface area contributed by atoms with Crippen LogP contribution in [0.3, 0.4) is 0 Å². The predicted molar refractivity (Wildman–Crippen MR) is 89.1 cm³/mol. The number of benzene rings is 1. The van der Waals surface area contributed by atoms with E-state index in [1.807, 2.05) is 4.90 Å². The van der Waals surface area contributed by atoms with Crippen LogP contribution in [0, 0.1) is 0 Å². The summed E-state index contributed by atoms with van der Waals surface area (Å²) in [6.07, 6.45) is 3.23. The van der Waals surface area contributed by atoms with Gasteiger partial charge in [-0.25, -0.2) is 0 Å². The van der Waals surface area contributed by atoms with Gasteiger partial charge in [-0.15, -0.1) is 0 Å². The van der Waals surface area contributed by atoms with Crippen LogP contribution in [-0.2, 0) is 4.74 Å². The number of hydrogen-bond donors (Lipinski definition) is 1. The van der Waals surface area contributed by atoms with Crippen LogP contribution in [0.2, 0.25) is 5.02 Å². The summed E-state index contributed by atoms with van der Waals surface area (Å²) in [6, 6.07) is 4.66. The number of carbonyl (C=O) groups is 1. The largest absolute Gasteiger partial charge is 0.507 e. The highest BCUT2D eigenvalue weighted by Crippen LogP contribution is 2.39. The summed E-state index contributed by atoms with van der Waals surface area (Å²) >= 11 is 5.85. The number of ether oxygens (including phenoxy) is 1. The van der Waals surface area contributed by atoms with E-state index in [-0.39, 0.29) is 17.2 Å². The topological polar surface area (TPSA) is 53.0 Å². The number of halogens is 1. The zero-order valence-electron chi connectivity index (χ0n) is 13.4. The van der Waals surface area contributed by atoms with Crippen molar-refractivity contribution >= 4 is 17.5 Å². The molecule has 0 saturated carbocycles. The Kier molecular flexibility index (Phi) is 4.80. The third kappa shape index (κ3) is 3.18. The minimum atomic E-state index is -0.114. The van der Waals surface area contributed by atoms with Crippen LogP contribution in [0.4, 0.5) is 0 Å². The van der Waals surface area contributed by atoms with Gasteiger partial charge in [-0.1, -0.05) is 11.6 Å². The molecule has 0 bridgehead atoms. The molecule has 1 aromatic carbocycles. The fraction of sp³-hybridized carbons (Fsp3) is 0.588. The Balaban J connectivity index is 1.72. The van der Waals surface area contributed by atoms with Crippen molar-refractivity contribution in [3.8, 4) is 5.75 Å². The van der Waals surface area contributed by atoms with E-state index in [0.29, 0.717) is 17.2 Å². The molecule has 2 fully saturated rings. The fourth-order valence-electron chi connectivity index (χ4n) is 3.74. The average molecular weight is 339 g/mol. The van der Waals surface area contributed by atoms with Crippen molar-refractivity contribution in [2.24, 2.45) is 0 Å². The van der Waals surface area contributed by atoms with E-state index in [9.17, 15) is 9.90 Å².